The van der Waals surface area contributed by atoms with Crippen molar-refractivity contribution in [2.45, 2.75) is 26.7 Å². The van der Waals surface area contributed by atoms with E-state index in [9.17, 15) is 4.79 Å². The summed E-state index contributed by atoms with van der Waals surface area (Å²) in [4.78, 5) is 15.2. The number of aliphatic imine (C=N–C) groups is 1. The molecule has 1 amide bonds. The van der Waals surface area contributed by atoms with Crippen LogP contribution in [0.4, 0.5) is 0 Å². The lowest BCUT2D eigenvalue weighted by molar-refractivity contribution is -0.125. The van der Waals surface area contributed by atoms with Gasteiger partial charge in [0.25, 0.3) is 0 Å². The fourth-order valence-corrected chi connectivity index (χ4v) is 1.09. The van der Waals surface area contributed by atoms with Gasteiger partial charge in [0, 0.05) is 19.5 Å². The van der Waals surface area contributed by atoms with Crippen molar-refractivity contribution in [1.82, 2.24) is 5.32 Å². The Labute approximate surface area is 78.6 Å². The van der Waals surface area contributed by atoms with Gasteiger partial charge in [0.2, 0.25) is 5.91 Å². The second-order valence-electron chi connectivity index (χ2n) is 4.03. The zero-order chi connectivity index (χ0) is 9.90. The molecule has 0 aliphatic carbocycles. The Bertz CT molecular complexity index is 233. The molecule has 0 aromatic rings. The summed E-state index contributed by atoms with van der Waals surface area (Å²) in [5.41, 5.74) is 4.74. The Balaban J connectivity index is 2.36. The Morgan fingerprint density at radius 1 is 1.69 bits per heavy atom. The molecule has 0 saturated carbocycles. The monoisotopic (exact) mass is 183 g/mol. The average Bonchev–Trinajstić information content (AvgIpc) is 2.52. The zero-order valence-electron chi connectivity index (χ0n) is 8.26. The maximum atomic E-state index is 11.0. The molecule has 4 heteroatoms. The fraction of sp³-hybridized carbons (Fsp3) is 0.778. The van der Waals surface area contributed by atoms with E-state index in [0.29, 0.717) is 6.54 Å². The van der Waals surface area contributed by atoms with E-state index >= 15 is 0 Å². The molecule has 0 saturated heterocycles. The first-order valence-corrected chi connectivity index (χ1v) is 4.59. The summed E-state index contributed by atoms with van der Waals surface area (Å²) in [6.07, 6.45) is 2.11. The number of nitrogens with one attached hydrogen (secondary N) is 1. The van der Waals surface area contributed by atoms with Gasteiger partial charge in [-0.1, -0.05) is 0 Å². The van der Waals surface area contributed by atoms with Gasteiger partial charge in [-0.05, 0) is 20.3 Å². The third-order valence-corrected chi connectivity index (χ3v) is 2.28. The van der Waals surface area contributed by atoms with E-state index in [1.807, 2.05) is 13.8 Å². The van der Waals surface area contributed by atoms with Crippen molar-refractivity contribution in [3.05, 3.63) is 0 Å². The first-order valence-electron chi connectivity index (χ1n) is 4.59. The lowest BCUT2D eigenvalue weighted by Crippen LogP contribution is -2.42. The van der Waals surface area contributed by atoms with Gasteiger partial charge in [0.1, 0.15) is 0 Å². The van der Waals surface area contributed by atoms with E-state index < -0.39 is 5.41 Å². The van der Waals surface area contributed by atoms with E-state index in [2.05, 4.69) is 10.3 Å². The van der Waals surface area contributed by atoms with Gasteiger partial charge < -0.3 is 11.1 Å². The normalized spacial score (nSPS) is 16.9. The number of amidine groups is 1. The first kappa shape index (κ1) is 10.0. The van der Waals surface area contributed by atoms with Crippen LogP contribution in [0.25, 0.3) is 0 Å². The Morgan fingerprint density at radius 2 is 2.38 bits per heavy atom. The molecular weight excluding hydrogens is 166 g/mol. The third kappa shape index (κ3) is 2.72. The van der Waals surface area contributed by atoms with Crippen LogP contribution in [-0.4, -0.2) is 24.8 Å². The van der Waals surface area contributed by atoms with Crippen molar-refractivity contribution in [3.63, 3.8) is 0 Å². The predicted octanol–water partition coefficient (Wildman–Crippen LogP) is 0.280. The number of nitrogens with zero attached hydrogens (tertiary/aromatic N) is 1. The topological polar surface area (TPSA) is 67.5 Å². The maximum Gasteiger partial charge on any atom is 0.224 e. The highest BCUT2D eigenvalue weighted by Crippen LogP contribution is 2.12. The van der Waals surface area contributed by atoms with Crippen LogP contribution in [0.1, 0.15) is 26.7 Å². The Kier molecular flexibility index (Phi) is 2.90. The van der Waals surface area contributed by atoms with E-state index in [1.54, 1.807) is 0 Å². The predicted molar refractivity (Wildman–Crippen MR) is 52.5 cm³/mol. The molecule has 1 aliphatic rings. The van der Waals surface area contributed by atoms with Gasteiger partial charge in [-0.15, -0.1) is 0 Å². The van der Waals surface area contributed by atoms with Crippen LogP contribution in [0.5, 0.6) is 0 Å². The molecule has 0 spiro atoms. The number of carbonyl (C=O) groups is 1. The Morgan fingerprint density at radius 3 is 2.85 bits per heavy atom. The van der Waals surface area contributed by atoms with Crippen LogP contribution in [-0.2, 0) is 4.79 Å². The summed E-state index contributed by atoms with van der Waals surface area (Å²) in [6.45, 7) is 5.14. The van der Waals surface area contributed by atoms with Crippen LogP contribution in [0, 0.1) is 5.41 Å². The molecule has 0 fully saturated rings. The quantitative estimate of drug-likeness (QED) is 0.660. The third-order valence-electron chi connectivity index (χ3n) is 2.28. The summed E-state index contributed by atoms with van der Waals surface area (Å²) in [5.74, 6) is 0.730. The molecule has 0 aromatic carbocycles. The SMILES string of the molecule is CC(C)(CNC1=NCCC1)C(N)=O. The summed E-state index contributed by atoms with van der Waals surface area (Å²) in [7, 11) is 0. The molecule has 74 valence electrons. The summed E-state index contributed by atoms with van der Waals surface area (Å²) in [5, 5.41) is 3.15. The minimum atomic E-state index is -0.495. The smallest absolute Gasteiger partial charge is 0.224 e. The molecule has 1 heterocycles. The highest BCUT2D eigenvalue weighted by Gasteiger charge is 2.25. The van der Waals surface area contributed by atoms with Crippen molar-refractivity contribution in [2.75, 3.05) is 13.1 Å². The zero-order valence-corrected chi connectivity index (χ0v) is 8.26. The number of carbonyl (C=O) groups excluding carboxylic acids is 1. The number of amides is 1. The summed E-state index contributed by atoms with van der Waals surface area (Å²) in [6, 6.07) is 0. The van der Waals surface area contributed by atoms with Crippen molar-refractivity contribution in [2.24, 2.45) is 16.1 Å². The molecule has 0 aromatic heterocycles. The van der Waals surface area contributed by atoms with Crippen molar-refractivity contribution < 1.29 is 4.79 Å². The van der Waals surface area contributed by atoms with E-state index in [-0.39, 0.29) is 5.91 Å². The second kappa shape index (κ2) is 3.77. The number of hydrogen-bond acceptors (Lipinski definition) is 3. The van der Waals surface area contributed by atoms with Gasteiger partial charge in [0.05, 0.1) is 11.3 Å². The van der Waals surface area contributed by atoms with Crippen LogP contribution in [0.15, 0.2) is 4.99 Å². The molecule has 13 heavy (non-hydrogen) atoms. The molecule has 3 N–H and O–H groups in total. The number of nitrogens with two attached hydrogens (primary N) is 1. The van der Waals surface area contributed by atoms with E-state index in [1.165, 1.54) is 0 Å². The molecule has 0 radical (unpaired) electrons. The second-order valence-corrected chi connectivity index (χ2v) is 4.03. The van der Waals surface area contributed by atoms with Crippen LogP contribution in [0.2, 0.25) is 0 Å². The standard InChI is InChI=1S/C9H17N3O/c1-9(2,8(10)13)6-12-7-4-3-5-11-7/h3-6H2,1-2H3,(H2,10,13)(H,11,12). The molecule has 4 nitrogen and oxygen atoms in total. The fourth-order valence-electron chi connectivity index (χ4n) is 1.09. The highest BCUT2D eigenvalue weighted by molar-refractivity contribution is 5.85. The Hall–Kier alpha value is -1.06. The lowest BCUT2D eigenvalue weighted by Gasteiger charge is -2.21. The van der Waals surface area contributed by atoms with Gasteiger partial charge in [-0.2, -0.15) is 0 Å². The average molecular weight is 183 g/mol. The largest absolute Gasteiger partial charge is 0.373 e. The van der Waals surface area contributed by atoms with E-state index in [4.69, 9.17) is 5.73 Å². The van der Waals surface area contributed by atoms with Gasteiger partial charge in [-0.25, -0.2) is 0 Å². The summed E-state index contributed by atoms with van der Waals surface area (Å²) < 4.78 is 0. The molecule has 0 atom stereocenters. The van der Waals surface area contributed by atoms with Gasteiger partial charge in [0.15, 0.2) is 0 Å². The van der Waals surface area contributed by atoms with Crippen LogP contribution in [0.3, 0.4) is 0 Å². The van der Waals surface area contributed by atoms with Gasteiger partial charge >= 0.3 is 0 Å². The number of hydrogen-bond donors (Lipinski definition) is 2. The lowest BCUT2D eigenvalue weighted by atomic mass is 9.93. The van der Waals surface area contributed by atoms with E-state index in [0.717, 1.165) is 25.2 Å². The molecule has 1 rings (SSSR count). The van der Waals surface area contributed by atoms with Crippen molar-refractivity contribution >= 4 is 11.7 Å². The molecule has 0 bridgehead atoms. The number of primary amides is 1. The highest BCUT2D eigenvalue weighted by atomic mass is 16.1. The first-order chi connectivity index (χ1) is 6.02. The van der Waals surface area contributed by atoms with Gasteiger partial charge in [-0.3, -0.25) is 9.79 Å². The number of rotatable bonds is 3. The van der Waals surface area contributed by atoms with Crippen molar-refractivity contribution in [3.8, 4) is 0 Å². The van der Waals surface area contributed by atoms with Crippen LogP contribution < -0.4 is 11.1 Å². The molecule has 0 unspecified atom stereocenters. The minimum Gasteiger partial charge on any atom is -0.373 e. The summed E-state index contributed by atoms with van der Waals surface area (Å²) >= 11 is 0. The molecule has 1 aliphatic heterocycles. The van der Waals surface area contributed by atoms with Crippen molar-refractivity contribution in [1.29, 1.82) is 0 Å². The maximum absolute atomic E-state index is 11.0. The minimum absolute atomic E-state index is 0.279. The molecular formula is C9H17N3O. The van der Waals surface area contributed by atoms with Crippen LogP contribution >= 0.6 is 0 Å².